The molecule has 7 nitrogen and oxygen atoms in total. The highest BCUT2D eigenvalue weighted by Crippen LogP contribution is 2.43. The van der Waals surface area contributed by atoms with Crippen molar-refractivity contribution < 1.29 is 9.59 Å². The quantitative estimate of drug-likeness (QED) is 0.754. The van der Waals surface area contributed by atoms with Crippen LogP contribution in [0.3, 0.4) is 0 Å². The lowest BCUT2D eigenvalue weighted by molar-refractivity contribution is -0.120. The van der Waals surface area contributed by atoms with Gasteiger partial charge in [0.1, 0.15) is 0 Å². The maximum Gasteiger partial charge on any atom is 0.251 e. The van der Waals surface area contributed by atoms with E-state index in [4.69, 9.17) is 5.26 Å². The third kappa shape index (κ3) is 2.91. The summed E-state index contributed by atoms with van der Waals surface area (Å²) in [5.41, 5.74) is 0.935. The normalized spacial score (nSPS) is 15.0. The van der Waals surface area contributed by atoms with Gasteiger partial charge in [0.25, 0.3) is 5.91 Å². The summed E-state index contributed by atoms with van der Waals surface area (Å²) in [5.74, 6) is -0.612. The van der Waals surface area contributed by atoms with Gasteiger partial charge in [0.05, 0.1) is 29.7 Å². The zero-order chi connectivity index (χ0) is 15.6. The van der Waals surface area contributed by atoms with Crippen LogP contribution in [-0.2, 0) is 4.79 Å². The Balaban J connectivity index is 1.51. The highest BCUT2D eigenvalue weighted by Gasteiger charge is 2.43. The van der Waals surface area contributed by atoms with Gasteiger partial charge in [0.15, 0.2) is 0 Å². The van der Waals surface area contributed by atoms with Crippen LogP contribution in [0.15, 0.2) is 24.4 Å². The van der Waals surface area contributed by atoms with Crippen molar-refractivity contribution >= 4 is 22.7 Å². The number of carbonyl (C=O) groups excluding carboxylic acids is 2. The van der Waals surface area contributed by atoms with Gasteiger partial charge in [-0.15, -0.1) is 0 Å². The summed E-state index contributed by atoms with van der Waals surface area (Å²) < 4.78 is 0. The minimum atomic E-state index is -0.383. The van der Waals surface area contributed by atoms with E-state index in [2.05, 4.69) is 26.9 Å². The number of fused-ring (bicyclic) bond motifs is 1. The van der Waals surface area contributed by atoms with Gasteiger partial charge in [-0.3, -0.25) is 14.7 Å². The van der Waals surface area contributed by atoms with E-state index in [1.807, 2.05) is 0 Å². The van der Waals surface area contributed by atoms with Crippen molar-refractivity contribution in [2.45, 2.75) is 12.8 Å². The van der Waals surface area contributed by atoms with E-state index in [0.717, 1.165) is 23.7 Å². The van der Waals surface area contributed by atoms with Crippen molar-refractivity contribution in [2.24, 2.45) is 5.41 Å². The molecule has 2 amide bonds. The average molecular weight is 297 g/mol. The third-order valence-electron chi connectivity index (χ3n) is 3.83. The number of H-pyrrole nitrogens is 1. The lowest BCUT2D eigenvalue weighted by atomic mass is 10.1. The number of benzene rings is 1. The summed E-state index contributed by atoms with van der Waals surface area (Å²) in [4.78, 5) is 23.7. The van der Waals surface area contributed by atoms with Gasteiger partial charge in [-0.25, -0.2) is 0 Å². The van der Waals surface area contributed by atoms with Crippen LogP contribution in [0.25, 0.3) is 10.9 Å². The molecule has 2 aromatic rings. The molecule has 0 saturated heterocycles. The molecule has 0 bridgehead atoms. The summed E-state index contributed by atoms with van der Waals surface area (Å²) in [5, 5.41) is 21.7. The van der Waals surface area contributed by atoms with Crippen LogP contribution in [-0.4, -0.2) is 35.1 Å². The number of amides is 2. The second kappa shape index (κ2) is 5.48. The average Bonchev–Trinajstić information content (AvgIpc) is 3.18. The molecule has 1 fully saturated rings. The van der Waals surface area contributed by atoms with Crippen LogP contribution in [0.5, 0.6) is 0 Å². The van der Waals surface area contributed by atoms with E-state index in [-0.39, 0.29) is 23.8 Å². The Morgan fingerprint density at radius 2 is 2.18 bits per heavy atom. The van der Waals surface area contributed by atoms with Gasteiger partial charge in [-0.2, -0.15) is 10.4 Å². The van der Waals surface area contributed by atoms with Gasteiger partial charge in [-0.05, 0) is 31.0 Å². The SMILES string of the molecule is N#CC1(CNC(=O)CNC(=O)c2ccc3[nH]ncc3c2)CC1. The first-order chi connectivity index (χ1) is 10.6. The van der Waals surface area contributed by atoms with Crippen molar-refractivity contribution in [1.29, 1.82) is 5.26 Å². The Morgan fingerprint density at radius 3 is 2.91 bits per heavy atom. The number of carbonyl (C=O) groups is 2. The highest BCUT2D eigenvalue weighted by atomic mass is 16.2. The summed E-state index contributed by atoms with van der Waals surface area (Å²) >= 11 is 0. The number of hydrogen-bond donors (Lipinski definition) is 3. The maximum absolute atomic E-state index is 12.0. The molecule has 1 aromatic carbocycles. The predicted octanol–water partition coefficient (Wildman–Crippen LogP) is 0.713. The van der Waals surface area contributed by atoms with Gasteiger partial charge < -0.3 is 10.6 Å². The van der Waals surface area contributed by atoms with Crippen molar-refractivity contribution in [2.75, 3.05) is 13.1 Å². The first-order valence-electron chi connectivity index (χ1n) is 7.01. The standard InChI is InChI=1S/C15H15N5O2/c16-8-15(3-4-15)9-18-13(21)7-17-14(22)10-1-2-12-11(5-10)6-19-20-12/h1-2,5-6H,3-4,7,9H2,(H,17,22)(H,18,21)(H,19,20). The molecule has 0 spiro atoms. The molecule has 22 heavy (non-hydrogen) atoms. The molecule has 1 heterocycles. The number of nitrogens with one attached hydrogen (secondary N) is 3. The molecule has 1 aromatic heterocycles. The minimum absolute atomic E-state index is 0.107. The topological polar surface area (TPSA) is 111 Å². The fourth-order valence-electron chi connectivity index (χ4n) is 2.16. The Labute approximate surface area is 126 Å². The van der Waals surface area contributed by atoms with Crippen molar-refractivity contribution in [1.82, 2.24) is 20.8 Å². The van der Waals surface area contributed by atoms with Crippen LogP contribution >= 0.6 is 0 Å². The minimum Gasteiger partial charge on any atom is -0.353 e. The van der Waals surface area contributed by atoms with Gasteiger partial charge in [0, 0.05) is 17.5 Å². The third-order valence-corrected chi connectivity index (χ3v) is 3.83. The monoisotopic (exact) mass is 297 g/mol. The van der Waals surface area contributed by atoms with Crippen LogP contribution in [0.1, 0.15) is 23.2 Å². The number of aromatic amines is 1. The lowest BCUT2D eigenvalue weighted by Crippen LogP contribution is -2.39. The summed E-state index contributed by atoms with van der Waals surface area (Å²) in [6.07, 6.45) is 3.28. The Morgan fingerprint density at radius 1 is 1.36 bits per heavy atom. The van der Waals surface area contributed by atoms with Crippen molar-refractivity contribution in [3.05, 3.63) is 30.0 Å². The van der Waals surface area contributed by atoms with Crippen molar-refractivity contribution in [3.8, 4) is 6.07 Å². The van der Waals surface area contributed by atoms with Crippen LogP contribution in [0.2, 0.25) is 0 Å². The number of aromatic nitrogens is 2. The molecule has 3 rings (SSSR count). The Hall–Kier alpha value is -2.88. The molecule has 1 aliphatic carbocycles. The molecule has 1 saturated carbocycles. The molecule has 1 aliphatic rings. The molecule has 112 valence electrons. The summed E-state index contributed by atoms with van der Waals surface area (Å²) in [6, 6.07) is 7.35. The van der Waals surface area contributed by atoms with E-state index in [1.54, 1.807) is 24.4 Å². The fraction of sp³-hybridized carbons (Fsp3) is 0.333. The molecular formula is C15H15N5O2. The first-order valence-corrected chi connectivity index (χ1v) is 7.01. The van der Waals surface area contributed by atoms with E-state index in [1.165, 1.54) is 0 Å². The van der Waals surface area contributed by atoms with Gasteiger partial charge in [-0.1, -0.05) is 0 Å². The molecule has 0 aliphatic heterocycles. The zero-order valence-electron chi connectivity index (χ0n) is 11.8. The second-order valence-electron chi connectivity index (χ2n) is 5.52. The number of hydrogen-bond acceptors (Lipinski definition) is 4. The van der Waals surface area contributed by atoms with Crippen LogP contribution in [0, 0.1) is 16.7 Å². The molecule has 7 heteroatoms. The van der Waals surface area contributed by atoms with Gasteiger partial charge in [0.2, 0.25) is 5.91 Å². The lowest BCUT2D eigenvalue weighted by Gasteiger charge is -2.09. The molecule has 0 radical (unpaired) electrons. The summed E-state index contributed by atoms with van der Waals surface area (Å²) in [7, 11) is 0. The van der Waals surface area contributed by atoms with E-state index >= 15 is 0 Å². The number of nitriles is 1. The molecular weight excluding hydrogens is 282 g/mol. The van der Waals surface area contributed by atoms with Crippen LogP contribution in [0.4, 0.5) is 0 Å². The van der Waals surface area contributed by atoms with E-state index < -0.39 is 0 Å². The molecule has 0 atom stereocenters. The Bertz CT molecular complexity index is 770. The van der Waals surface area contributed by atoms with E-state index in [0.29, 0.717) is 12.1 Å². The number of rotatable bonds is 5. The molecule has 3 N–H and O–H groups in total. The smallest absolute Gasteiger partial charge is 0.251 e. The van der Waals surface area contributed by atoms with Crippen molar-refractivity contribution in [3.63, 3.8) is 0 Å². The fourth-order valence-corrected chi connectivity index (χ4v) is 2.16. The van der Waals surface area contributed by atoms with Crippen LogP contribution < -0.4 is 10.6 Å². The Kier molecular flexibility index (Phi) is 3.51. The summed E-state index contributed by atoms with van der Waals surface area (Å²) in [6.45, 7) is 0.239. The van der Waals surface area contributed by atoms with E-state index in [9.17, 15) is 9.59 Å². The molecule has 0 unspecified atom stereocenters. The largest absolute Gasteiger partial charge is 0.353 e. The first kappa shape index (κ1) is 14.1. The number of nitrogens with zero attached hydrogens (tertiary/aromatic N) is 2. The van der Waals surface area contributed by atoms with Gasteiger partial charge >= 0.3 is 0 Å². The maximum atomic E-state index is 12.0. The zero-order valence-corrected chi connectivity index (χ0v) is 11.8. The predicted molar refractivity (Wildman–Crippen MR) is 78.7 cm³/mol. The second-order valence-corrected chi connectivity index (χ2v) is 5.52. The highest BCUT2D eigenvalue weighted by molar-refractivity contribution is 5.99.